The topological polar surface area (TPSA) is 33.2 Å². The highest BCUT2D eigenvalue weighted by Gasteiger charge is 2.14. The Kier molecular flexibility index (Phi) is 4.12. The molecule has 0 aliphatic carbocycles. The van der Waals surface area contributed by atoms with Crippen molar-refractivity contribution in [1.82, 2.24) is 9.88 Å². The van der Waals surface area contributed by atoms with Crippen LogP contribution in [0.5, 0.6) is 0 Å². The third-order valence-electron chi connectivity index (χ3n) is 2.73. The standard InChI is InChI=1S/C15H16N2OS/c1-4-8-17(9-5-2)15(18)12-6-7-14-13(10-12)16-11(3)19-14/h4-7,10H,1-2,8-9H2,3H3. The lowest BCUT2D eigenvalue weighted by Gasteiger charge is -2.19. The molecule has 2 rings (SSSR count). The van der Waals surface area contributed by atoms with E-state index in [0.29, 0.717) is 18.7 Å². The Morgan fingerprint density at radius 3 is 2.68 bits per heavy atom. The fourth-order valence-electron chi connectivity index (χ4n) is 1.91. The van der Waals surface area contributed by atoms with Crippen LogP contribution in [0.25, 0.3) is 10.2 Å². The molecule has 19 heavy (non-hydrogen) atoms. The van der Waals surface area contributed by atoms with Gasteiger partial charge >= 0.3 is 0 Å². The summed E-state index contributed by atoms with van der Waals surface area (Å²) in [7, 11) is 0. The van der Waals surface area contributed by atoms with Crippen molar-refractivity contribution < 1.29 is 4.79 Å². The molecule has 3 nitrogen and oxygen atoms in total. The van der Waals surface area contributed by atoms with E-state index in [9.17, 15) is 4.79 Å². The average Bonchev–Trinajstić information content (AvgIpc) is 2.76. The fraction of sp³-hybridized carbons (Fsp3) is 0.200. The van der Waals surface area contributed by atoms with Gasteiger partial charge in [0.15, 0.2) is 0 Å². The number of thiazole rings is 1. The van der Waals surface area contributed by atoms with Gasteiger partial charge in [-0.2, -0.15) is 0 Å². The largest absolute Gasteiger partial charge is 0.331 e. The average molecular weight is 272 g/mol. The zero-order chi connectivity index (χ0) is 13.8. The van der Waals surface area contributed by atoms with Gasteiger partial charge in [-0.1, -0.05) is 12.2 Å². The maximum atomic E-state index is 12.4. The van der Waals surface area contributed by atoms with Gasteiger partial charge < -0.3 is 4.90 Å². The Labute approximate surface area is 116 Å². The lowest BCUT2D eigenvalue weighted by atomic mass is 10.2. The summed E-state index contributed by atoms with van der Waals surface area (Å²) in [5.74, 6) is -0.0210. The predicted octanol–water partition coefficient (Wildman–Crippen LogP) is 3.42. The number of hydrogen-bond donors (Lipinski definition) is 0. The number of carbonyl (C=O) groups is 1. The Morgan fingerprint density at radius 2 is 2.05 bits per heavy atom. The number of rotatable bonds is 5. The maximum absolute atomic E-state index is 12.4. The Morgan fingerprint density at radius 1 is 1.37 bits per heavy atom. The van der Waals surface area contributed by atoms with Crippen molar-refractivity contribution in [3.8, 4) is 0 Å². The molecule has 0 saturated carbocycles. The maximum Gasteiger partial charge on any atom is 0.254 e. The molecule has 1 heterocycles. The lowest BCUT2D eigenvalue weighted by Crippen LogP contribution is -2.31. The van der Waals surface area contributed by atoms with Gasteiger partial charge in [0, 0.05) is 18.7 Å². The van der Waals surface area contributed by atoms with E-state index >= 15 is 0 Å². The summed E-state index contributed by atoms with van der Waals surface area (Å²) < 4.78 is 1.10. The van der Waals surface area contributed by atoms with E-state index in [1.807, 2.05) is 25.1 Å². The van der Waals surface area contributed by atoms with Crippen molar-refractivity contribution in [3.63, 3.8) is 0 Å². The molecule has 2 aromatic rings. The van der Waals surface area contributed by atoms with Crippen LogP contribution in [0, 0.1) is 6.92 Å². The van der Waals surface area contributed by atoms with Crippen molar-refractivity contribution in [3.05, 3.63) is 54.1 Å². The second-order valence-corrected chi connectivity index (χ2v) is 5.44. The van der Waals surface area contributed by atoms with Crippen LogP contribution in [-0.4, -0.2) is 28.9 Å². The normalized spacial score (nSPS) is 10.4. The molecule has 1 amide bonds. The van der Waals surface area contributed by atoms with Gasteiger partial charge in [-0.3, -0.25) is 4.79 Å². The minimum Gasteiger partial charge on any atom is -0.331 e. The van der Waals surface area contributed by atoms with Crippen LogP contribution in [0.2, 0.25) is 0 Å². The Balaban J connectivity index is 2.33. The Bertz CT molecular complexity index is 620. The van der Waals surface area contributed by atoms with E-state index in [-0.39, 0.29) is 5.91 Å². The second kappa shape index (κ2) is 5.80. The highest BCUT2D eigenvalue weighted by atomic mass is 32.1. The number of hydrogen-bond acceptors (Lipinski definition) is 3. The van der Waals surface area contributed by atoms with Gasteiger partial charge in [0.2, 0.25) is 0 Å². The number of aryl methyl sites for hydroxylation is 1. The number of nitrogens with zero attached hydrogens (tertiary/aromatic N) is 2. The summed E-state index contributed by atoms with van der Waals surface area (Å²) in [6.45, 7) is 10.3. The molecule has 0 aliphatic heterocycles. The molecule has 4 heteroatoms. The summed E-state index contributed by atoms with van der Waals surface area (Å²) in [6.07, 6.45) is 3.43. The van der Waals surface area contributed by atoms with Crippen LogP contribution in [0.3, 0.4) is 0 Å². The zero-order valence-electron chi connectivity index (χ0n) is 10.9. The number of fused-ring (bicyclic) bond motifs is 1. The number of aromatic nitrogens is 1. The van der Waals surface area contributed by atoms with E-state index in [4.69, 9.17) is 0 Å². The van der Waals surface area contributed by atoms with E-state index in [1.54, 1.807) is 28.4 Å². The first-order chi connectivity index (χ1) is 9.15. The van der Waals surface area contributed by atoms with Crippen LogP contribution >= 0.6 is 11.3 Å². The SMILES string of the molecule is C=CCN(CC=C)C(=O)c1ccc2sc(C)nc2c1. The zero-order valence-corrected chi connectivity index (χ0v) is 11.7. The van der Waals surface area contributed by atoms with Crippen molar-refractivity contribution >= 4 is 27.5 Å². The molecule has 0 atom stereocenters. The minimum atomic E-state index is -0.0210. The molecule has 0 unspecified atom stereocenters. The van der Waals surface area contributed by atoms with Crippen LogP contribution < -0.4 is 0 Å². The highest BCUT2D eigenvalue weighted by Crippen LogP contribution is 2.23. The lowest BCUT2D eigenvalue weighted by molar-refractivity contribution is 0.0791. The van der Waals surface area contributed by atoms with E-state index in [1.165, 1.54) is 0 Å². The third kappa shape index (κ3) is 2.90. The van der Waals surface area contributed by atoms with Crippen LogP contribution in [-0.2, 0) is 0 Å². The van der Waals surface area contributed by atoms with Gasteiger partial charge in [0.05, 0.1) is 15.2 Å². The first-order valence-corrected chi connectivity index (χ1v) is 6.85. The summed E-state index contributed by atoms with van der Waals surface area (Å²) in [5.41, 5.74) is 1.53. The molecular weight excluding hydrogens is 256 g/mol. The summed E-state index contributed by atoms with van der Waals surface area (Å²) in [5, 5.41) is 1.01. The van der Waals surface area contributed by atoms with E-state index < -0.39 is 0 Å². The van der Waals surface area contributed by atoms with Gasteiger partial charge in [0.1, 0.15) is 0 Å². The molecule has 0 spiro atoms. The van der Waals surface area contributed by atoms with Gasteiger partial charge in [-0.25, -0.2) is 4.98 Å². The first kappa shape index (κ1) is 13.5. The molecular formula is C15H16N2OS. The molecule has 1 aromatic heterocycles. The first-order valence-electron chi connectivity index (χ1n) is 6.04. The second-order valence-electron chi connectivity index (χ2n) is 4.20. The van der Waals surface area contributed by atoms with E-state index in [2.05, 4.69) is 18.1 Å². The van der Waals surface area contributed by atoms with Crippen LogP contribution in [0.15, 0.2) is 43.5 Å². The molecule has 1 aromatic carbocycles. The predicted molar refractivity (Wildman–Crippen MR) is 80.7 cm³/mol. The van der Waals surface area contributed by atoms with Gasteiger partial charge in [-0.05, 0) is 25.1 Å². The molecule has 0 saturated heterocycles. The van der Waals surface area contributed by atoms with E-state index in [0.717, 1.165) is 15.2 Å². The molecule has 0 N–H and O–H groups in total. The smallest absolute Gasteiger partial charge is 0.254 e. The molecule has 0 aliphatic rings. The van der Waals surface area contributed by atoms with Crippen LogP contribution in [0.1, 0.15) is 15.4 Å². The van der Waals surface area contributed by atoms with Crippen molar-refractivity contribution in [1.29, 1.82) is 0 Å². The highest BCUT2D eigenvalue weighted by molar-refractivity contribution is 7.18. The van der Waals surface area contributed by atoms with Crippen molar-refractivity contribution in [2.75, 3.05) is 13.1 Å². The molecule has 0 radical (unpaired) electrons. The van der Waals surface area contributed by atoms with Crippen LogP contribution in [0.4, 0.5) is 0 Å². The van der Waals surface area contributed by atoms with Gasteiger partial charge in [0.25, 0.3) is 5.91 Å². The fourth-order valence-corrected chi connectivity index (χ4v) is 2.72. The molecule has 98 valence electrons. The number of benzene rings is 1. The molecule has 0 bridgehead atoms. The summed E-state index contributed by atoms with van der Waals surface area (Å²) in [6, 6.07) is 5.65. The van der Waals surface area contributed by atoms with Crippen molar-refractivity contribution in [2.45, 2.75) is 6.92 Å². The summed E-state index contributed by atoms with van der Waals surface area (Å²) >= 11 is 1.63. The molecule has 0 fully saturated rings. The van der Waals surface area contributed by atoms with Gasteiger partial charge in [-0.15, -0.1) is 24.5 Å². The monoisotopic (exact) mass is 272 g/mol. The number of carbonyl (C=O) groups excluding carboxylic acids is 1. The minimum absolute atomic E-state index is 0.0210. The summed E-state index contributed by atoms with van der Waals surface area (Å²) in [4.78, 5) is 18.5. The Hall–Kier alpha value is -1.94. The van der Waals surface area contributed by atoms with Crippen molar-refractivity contribution in [2.24, 2.45) is 0 Å². The third-order valence-corrected chi connectivity index (χ3v) is 3.68. The quantitative estimate of drug-likeness (QED) is 0.781. The number of amides is 1.